The number of rotatable bonds is 6. The fourth-order valence-electron chi connectivity index (χ4n) is 2.46. The minimum Gasteiger partial charge on any atom is -0.325 e. The Morgan fingerprint density at radius 3 is 2.54 bits per heavy atom. The molecule has 0 spiro atoms. The van der Waals surface area contributed by atoms with Crippen LogP contribution in [0.2, 0.25) is 0 Å². The van der Waals surface area contributed by atoms with E-state index in [0.717, 1.165) is 17.7 Å². The van der Waals surface area contributed by atoms with Crippen LogP contribution in [0.5, 0.6) is 0 Å². The molecule has 0 fully saturated rings. The monoisotopic (exact) mass is 407 g/mol. The van der Waals surface area contributed by atoms with E-state index < -0.39 is 11.7 Å². The smallest absolute Gasteiger partial charge is 0.325 e. The first kappa shape index (κ1) is 19.9. The lowest BCUT2D eigenvalue weighted by Crippen LogP contribution is -2.15. The van der Waals surface area contributed by atoms with Gasteiger partial charge in [-0.2, -0.15) is 13.2 Å². The van der Waals surface area contributed by atoms with E-state index in [4.69, 9.17) is 0 Å². The number of nitrogens with zero attached hydrogens (tertiary/aromatic N) is 4. The predicted octanol–water partition coefficient (Wildman–Crippen LogP) is 4.11. The summed E-state index contributed by atoms with van der Waals surface area (Å²) < 4.78 is 39.6. The van der Waals surface area contributed by atoms with Gasteiger partial charge in [0.25, 0.3) is 0 Å². The molecule has 28 heavy (non-hydrogen) atoms. The number of benzene rings is 1. The van der Waals surface area contributed by atoms with Gasteiger partial charge in [-0.05, 0) is 43.3 Å². The molecular weight excluding hydrogens is 391 g/mol. The molecule has 146 valence electrons. The van der Waals surface area contributed by atoms with Crippen LogP contribution in [0.4, 0.5) is 18.9 Å². The summed E-state index contributed by atoms with van der Waals surface area (Å²) in [5.74, 6) is 0.353. The van der Waals surface area contributed by atoms with Crippen LogP contribution in [0.15, 0.2) is 53.9 Å². The highest BCUT2D eigenvalue weighted by atomic mass is 32.2. The molecular formula is C18H16F3N5OS. The number of aromatic nitrogens is 4. The molecule has 3 aromatic rings. The van der Waals surface area contributed by atoms with Crippen LogP contribution in [0, 0.1) is 0 Å². The first-order valence-electron chi connectivity index (χ1n) is 8.32. The van der Waals surface area contributed by atoms with Gasteiger partial charge in [0.2, 0.25) is 5.91 Å². The Bertz CT molecular complexity index is 942. The molecule has 1 amide bonds. The van der Waals surface area contributed by atoms with E-state index >= 15 is 0 Å². The molecule has 10 heteroatoms. The normalized spacial score (nSPS) is 11.4. The second kappa shape index (κ2) is 8.42. The van der Waals surface area contributed by atoms with Crippen LogP contribution in [-0.2, 0) is 17.5 Å². The molecule has 2 heterocycles. The molecule has 0 aliphatic rings. The lowest BCUT2D eigenvalue weighted by molar-refractivity contribution is -0.137. The Morgan fingerprint density at radius 2 is 1.93 bits per heavy atom. The lowest BCUT2D eigenvalue weighted by atomic mass is 10.2. The van der Waals surface area contributed by atoms with E-state index in [9.17, 15) is 18.0 Å². The third kappa shape index (κ3) is 4.69. The molecule has 0 aliphatic carbocycles. The Kier molecular flexibility index (Phi) is 5.98. The second-order valence-electron chi connectivity index (χ2n) is 5.70. The van der Waals surface area contributed by atoms with Crippen molar-refractivity contribution in [2.75, 3.05) is 11.1 Å². The van der Waals surface area contributed by atoms with Crippen molar-refractivity contribution < 1.29 is 18.0 Å². The number of carbonyl (C=O) groups excluding carboxylic acids is 1. The summed E-state index contributed by atoms with van der Waals surface area (Å²) in [6, 6.07) is 7.97. The zero-order chi connectivity index (χ0) is 20.1. The Balaban J connectivity index is 1.63. The summed E-state index contributed by atoms with van der Waals surface area (Å²) in [6.07, 6.45) is -1.06. The van der Waals surface area contributed by atoms with Crippen molar-refractivity contribution in [1.82, 2.24) is 19.7 Å². The van der Waals surface area contributed by atoms with Crippen LogP contribution < -0.4 is 5.32 Å². The highest BCUT2D eigenvalue weighted by molar-refractivity contribution is 7.99. The van der Waals surface area contributed by atoms with Crippen LogP contribution >= 0.6 is 11.8 Å². The van der Waals surface area contributed by atoms with Crippen LogP contribution in [-0.4, -0.2) is 31.4 Å². The van der Waals surface area contributed by atoms with Crippen molar-refractivity contribution in [1.29, 1.82) is 0 Å². The van der Waals surface area contributed by atoms with Gasteiger partial charge in [0.15, 0.2) is 11.0 Å². The zero-order valence-electron chi connectivity index (χ0n) is 14.8. The lowest BCUT2D eigenvalue weighted by Gasteiger charge is -2.09. The number of nitrogens with one attached hydrogen (secondary N) is 1. The van der Waals surface area contributed by atoms with E-state index in [1.807, 2.05) is 17.6 Å². The number of carbonyl (C=O) groups is 1. The predicted molar refractivity (Wildman–Crippen MR) is 99.7 cm³/mol. The Hall–Kier alpha value is -2.88. The van der Waals surface area contributed by atoms with Crippen LogP contribution in [0.1, 0.15) is 12.5 Å². The van der Waals surface area contributed by atoms with Gasteiger partial charge in [0.05, 0.1) is 11.3 Å². The molecule has 3 rings (SSSR count). The van der Waals surface area contributed by atoms with E-state index in [2.05, 4.69) is 20.5 Å². The van der Waals surface area contributed by atoms with Crippen molar-refractivity contribution in [2.24, 2.45) is 0 Å². The quantitative estimate of drug-likeness (QED) is 0.623. The van der Waals surface area contributed by atoms with E-state index in [1.54, 1.807) is 18.5 Å². The fraction of sp³-hybridized carbons (Fsp3) is 0.222. The number of anilines is 1. The van der Waals surface area contributed by atoms with Crippen molar-refractivity contribution in [3.8, 4) is 11.4 Å². The molecule has 0 atom stereocenters. The molecule has 0 unspecified atom stereocenters. The number of hydrogen-bond donors (Lipinski definition) is 1. The van der Waals surface area contributed by atoms with Crippen molar-refractivity contribution in [3.63, 3.8) is 0 Å². The summed E-state index contributed by atoms with van der Waals surface area (Å²) in [5, 5.41) is 11.4. The maximum Gasteiger partial charge on any atom is 0.416 e. The summed E-state index contributed by atoms with van der Waals surface area (Å²) >= 11 is 1.20. The number of hydrogen-bond acceptors (Lipinski definition) is 5. The molecule has 0 saturated carbocycles. The van der Waals surface area contributed by atoms with Gasteiger partial charge in [-0.1, -0.05) is 11.8 Å². The molecule has 2 aromatic heterocycles. The van der Waals surface area contributed by atoms with Gasteiger partial charge < -0.3 is 9.88 Å². The van der Waals surface area contributed by atoms with E-state index in [0.29, 0.717) is 23.2 Å². The molecule has 0 aliphatic heterocycles. The summed E-state index contributed by atoms with van der Waals surface area (Å²) in [4.78, 5) is 16.2. The summed E-state index contributed by atoms with van der Waals surface area (Å²) in [7, 11) is 0. The van der Waals surface area contributed by atoms with Gasteiger partial charge >= 0.3 is 6.18 Å². The third-order valence-corrected chi connectivity index (χ3v) is 4.75. The SMILES string of the molecule is CCn1c(SCC(=O)Nc2ccc(C(F)(F)F)cc2)nnc1-c1cccnc1. The molecule has 0 radical (unpaired) electrons. The van der Waals surface area contributed by atoms with Gasteiger partial charge in [0.1, 0.15) is 0 Å². The standard InChI is InChI=1S/C18H16F3N5OS/c1-2-26-16(12-4-3-9-22-10-12)24-25-17(26)28-11-15(27)23-14-7-5-13(6-8-14)18(19,20)21/h3-10H,2,11H2,1H3,(H,23,27). The first-order valence-corrected chi connectivity index (χ1v) is 9.30. The summed E-state index contributed by atoms with van der Waals surface area (Å²) in [6.45, 7) is 2.55. The second-order valence-corrected chi connectivity index (χ2v) is 6.65. The molecule has 6 nitrogen and oxygen atoms in total. The van der Waals surface area contributed by atoms with Gasteiger partial charge in [-0.25, -0.2) is 0 Å². The number of pyridine rings is 1. The summed E-state index contributed by atoms with van der Waals surface area (Å²) in [5.41, 5.74) is 0.350. The highest BCUT2D eigenvalue weighted by Crippen LogP contribution is 2.30. The maximum absolute atomic E-state index is 12.6. The number of amides is 1. The van der Waals surface area contributed by atoms with Crippen molar-refractivity contribution in [2.45, 2.75) is 24.8 Å². The topological polar surface area (TPSA) is 72.7 Å². The Morgan fingerprint density at radius 1 is 1.18 bits per heavy atom. The van der Waals surface area contributed by atoms with Crippen molar-refractivity contribution >= 4 is 23.4 Å². The number of halogens is 3. The maximum atomic E-state index is 12.6. The highest BCUT2D eigenvalue weighted by Gasteiger charge is 2.30. The van der Waals surface area contributed by atoms with Gasteiger partial charge in [-0.3, -0.25) is 9.78 Å². The molecule has 0 bridgehead atoms. The first-order chi connectivity index (χ1) is 13.4. The van der Waals surface area contributed by atoms with Gasteiger partial charge in [-0.15, -0.1) is 10.2 Å². The van der Waals surface area contributed by atoms with Crippen molar-refractivity contribution in [3.05, 3.63) is 54.4 Å². The molecule has 0 saturated heterocycles. The fourth-order valence-corrected chi connectivity index (χ4v) is 3.26. The molecule has 1 aromatic carbocycles. The Labute approximate surface area is 163 Å². The third-order valence-electron chi connectivity index (χ3n) is 3.78. The number of alkyl halides is 3. The number of thioether (sulfide) groups is 1. The minimum atomic E-state index is -4.41. The van der Waals surface area contributed by atoms with Crippen LogP contribution in [0.25, 0.3) is 11.4 Å². The van der Waals surface area contributed by atoms with E-state index in [-0.39, 0.29) is 11.7 Å². The van der Waals surface area contributed by atoms with E-state index in [1.165, 1.54) is 23.9 Å². The average molecular weight is 407 g/mol. The minimum absolute atomic E-state index is 0.0478. The molecule has 1 N–H and O–H groups in total. The average Bonchev–Trinajstić information content (AvgIpc) is 3.10. The van der Waals surface area contributed by atoms with Gasteiger partial charge in [0, 0.05) is 30.2 Å². The largest absolute Gasteiger partial charge is 0.416 e. The zero-order valence-corrected chi connectivity index (χ0v) is 15.6. The van der Waals surface area contributed by atoms with Crippen LogP contribution in [0.3, 0.4) is 0 Å².